The average molecular weight is 187 g/mol. The van der Waals surface area contributed by atoms with Gasteiger partial charge in [-0.05, 0) is 61.9 Å². The van der Waals surface area contributed by atoms with E-state index in [1.807, 2.05) is 0 Å². The van der Waals surface area contributed by atoms with E-state index in [4.69, 9.17) is 0 Å². The van der Waals surface area contributed by atoms with Crippen molar-refractivity contribution >= 4 is 0 Å². The molecule has 0 atom stereocenters. The van der Waals surface area contributed by atoms with Crippen molar-refractivity contribution in [3.8, 4) is 0 Å². The Labute approximate surface area is 85.6 Å². The predicted molar refractivity (Wildman–Crippen MR) is 58.9 cm³/mol. The second-order valence-corrected chi connectivity index (χ2v) is 4.49. The lowest BCUT2D eigenvalue weighted by Crippen LogP contribution is -2.06. The maximum Gasteiger partial charge on any atom is 0.0179 e. The summed E-state index contributed by atoms with van der Waals surface area (Å²) in [6, 6.07) is 0. The van der Waals surface area contributed by atoms with Gasteiger partial charge in [0.2, 0.25) is 0 Å². The molecule has 1 nitrogen and oxygen atoms in total. The first-order valence-electron chi connectivity index (χ1n) is 5.78. The summed E-state index contributed by atoms with van der Waals surface area (Å²) >= 11 is 0. The molecule has 1 aliphatic heterocycles. The van der Waals surface area contributed by atoms with Crippen molar-refractivity contribution in [1.82, 2.24) is 5.32 Å². The Balaban J connectivity index is 2.04. The molecule has 0 bridgehead atoms. The van der Waals surface area contributed by atoms with Crippen LogP contribution < -0.4 is 5.32 Å². The molecule has 2 aliphatic carbocycles. The monoisotopic (exact) mass is 187 g/mol. The van der Waals surface area contributed by atoms with Gasteiger partial charge >= 0.3 is 0 Å². The summed E-state index contributed by atoms with van der Waals surface area (Å²) in [6.07, 6.45) is 12.5. The number of hydrogen-bond acceptors (Lipinski definition) is 1. The lowest BCUT2D eigenvalue weighted by molar-refractivity contribution is 0.763. The normalized spacial score (nSPS) is 25.7. The van der Waals surface area contributed by atoms with Gasteiger partial charge in [0.15, 0.2) is 0 Å². The zero-order valence-electron chi connectivity index (χ0n) is 8.60. The lowest BCUT2D eigenvalue weighted by Gasteiger charge is -2.19. The zero-order valence-corrected chi connectivity index (χ0v) is 8.60. The summed E-state index contributed by atoms with van der Waals surface area (Å²) in [5.41, 5.74) is 6.75. The van der Waals surface area contributed by atoms with Crippen LogP contribution in [0.1, 0.15) is 38.5 Å². The molecule has 0 aromatic rings. The second kappa shape index (κ2) is 3.30. The molecule has 0 amide bonds. The van der Waals surface area contributed by atoms with Crippen molar-refractivity contribution < 1.29 is 0 Å². The van der Waals surface area contributed by atoms with Gasteiger partial charge in [0.05, 0.1) is 0 Å². The largest absolute Gasteiger partial charge is 0.391 e. The fourth-order valence-electron chi connectivity index (χ4n) is 2.98. The van der Waals surface area contributed by atoms with E-state index in [9.17, 15) is 0 Å². The molecule has 0 saturated carbocycles. The van der Waals surface area contributed by atoms with Crippen LogP contribution in [0.5, 0.6) is 0 Å². The maximum absolute atomic E-state index is 3.34. The summed E-state index contributed by atoms with van der Waals surface area (Å²) in [5.74, 6) is 0. The quantitative estimate of drug-likeness (QED) is 0.614. The highest BCUT2D eigenvalue weighted by Gasteiger charge is 2.23. The smallest absolute Gasteiger partial charge is 0.0179 e. The summed E-state index contributed by atoms with van der Waals surface area (Å²) < 4.78 is 0. The summed E-state index contributed by atoms with van der Waals surface area (Å²) in [6.45, 7) is 1.12. The maximum atomic E-state index is 3.34. The van der Waals surface area contributed by atoms with Crippen LogP contribution in [0.4, 0.5) is 0 Å². The van der Waals surface area contributed by atoms with Crippen LogP contribution in [0.2, 0.25) is 0 Å². The van der Waals surface area contributed by atoms with Gasteiger partial charge < -0.3 is 5.32 Å². The fourth-order valence-corrected chi connectivity index (χ4v) is 2.98. The van der Waals surface area contributed by atoms with E-state index in [-0.39, 0.29) is 0 Å². The molecule has 1 heterocycles. The Morgan fingerprint density at radius 3 is 2.86 bits per heavy atom. The number of hydrogen-bond donors (Lipinski definition) is 1. The molecule has 1 heteroatoms. The number of nitrogens with one attached hydrogen (secondary N) is 1. The standard InChI is InChI=1S/C13H17N/c1-2-10-4-5-11-6-8-14-9-7-13(11)12(10)3-1/h7,9,14H,1-6,8H2. The Hall–Kier alpha value is -0.980. The Bertz CT molecular complexity index is 344. The molecule has 0 aromatic heterocycles. The zero-order chi connectivity index (χ0) is 9.38. The minimum absolute atomic E-state index is 1.12. The topological polar surface area (TPSA) is 12.0 Å². The molecule has 0 fully saturated rings. The van der Waals surface area contributed by atoms with Crippen molar-refractivity contribution in [2.45, 2.75) is 38.5 Å². The van der Waals surface area contributed by atoms with Gasteiger partial charge in [-0.2, -0.15) is 0 Å². The third kappa shape index (κ3) is 1.23. The molecule has 14 heavy (non-hydrogen) atoms. The molecule has 0 saturated heterocycles. The van der Waals surface area contributed by atoms with Crippen molar-refractivity contribution in [1.29, 1.82) is 0 Å². The van der Waals surface area contributed by atoms with Gasteiger partial charge in [-0.15, -0.1) is 0 Å². The SMILES string of the molecule is C1=CC2=C(CCN1)CCC1=C2CCC1. The number of fused-ring (bicyclic) bond motifs is 1. The molecule has 3 rings (SSSR count). The Morgan fingerprint density at radius 2 is 1.86 bits per heavy atom. The van der Waals surface area contributed by atoms with Crippen LogP contribution in [0.3, 0.4) is 0 Å². The fraction of sp³-hybridized carbons (Fsp3) is 0.538. The van der Waals surface area contributed by atoms with Crippen LogP contribution >= 0.6 is 0 Å². The van der Waals surface area contributed by atoms with Crippen molar-refractivity contribution in [2.75, 3.05) is 6.54 Å². The third-order valence-corrected chi connectivity index (χ3v) is 3.71. The summed E-state index contributed by atoms with van der Waals surface area (Å²) in [5, 5.41) is 3.34. The highest BCUT2D eigenvalue weighted by atomic mass is 14.8. The van der Waals surface area contributed by atoms with Crippen molar-refractivity contribution in [2.24, 2.45) is 0 Å². The Kier molecular flexibility index (Phi) is 1.97. The molecule has 0 spiro atoms. The Morgan fingerprint density at radius 1 is 0.929 bits per heavy atom. The highest BCUT2D eigenvalue weighted by molar-refractivity contribution is 5.51. The summed E-state index contributed by atoms with van der Waals surface area (Å²) in [4.78, 5) is 0. The van der Waals surface area contributed by atoms with Gasteiger partial charge in [-0.3, -0.25) is 0 Å². The average Bonchev–Trinajstić information content (AvgIpc) is 2.55. The molecule has 0 radical (unpaired) electrons. The van der Waals surface area contributed by atoms with Crippen molar-refractivity contribution in [3.63, 3.8) is 0 Å². The molecular formula is C13H17N. The van der Waals surface area contributed by atoms with Gasteiger partial charge in [0.1, 0.15) is 0 Å². The first-order chi connectivity index (χ1) is 6.95. The van der Waals surface area contributed by atoms with Crippen LogP contribution in [-0.2, 0) is 0 Å². The van der Waals surface area contributed by atoms with Crippen LogP contribution in [0.25, 0.3) is 0 Å². The van der Waals surface area contributed by atoms with Crippen LogP contribution in [-0.4, -0.2) is 6.54 Å². The molecule has 0 aromatic carbocycles. The van der Waals surface area contributed by atoms with E-state index in [1.165, 1.54) is 38.5 Å². The molecule has 74 valence electrons. The number of rotatable bonds is 0. The van der Waals surface area contributed by atoms with Gasteiger partial charge in [0.25, 0.3) is 0 Å². The minimum atomic E-state index is 1.12. The molecule has 0 unspecified atom stereocenters. The van der Waals surface area contributed by atoms with E-state index in [0.29, 0.717) is 0 Å². The predicted octanol–water partition coefficient (Wildman–Crippen LogP) is 3.06. The third-order valence-electron chi connectivity index (χ3n) is 3.71. The molecule has 1 N–H and O–H groups in total. The molecule has 3 aliphatic rings. The van der Waals surface area contributed by atoms with E-state index in [2.05, 4.69) is 17.6 Å². The van der Waals surface area contributed by atoms with Crippen molar-refractivity contribution in [3.05, 3.63) is 34.6 Å². The van der Waals surface area contributed by atoms with E-state index in [1.54, 1.807) is 22.3 Å². The lowest BCUT2D eigenvalue weighted by atomic mass is 9.86. The van der Waals surface area contributed by atoms with Gasteiger partial charge in [-0.1, -0.05) is 11.1 Å². The summed E-state index contributed by atoms with van der Waals surface area (Å²) in [7, 11) is 0. The van der Waals surface area contributed by atoms with E-state index in [0.717, 1.165) is 6.54 Å². The van der Waals surface area contributed by atoms with Gasteiger partial charge in [-0.25, -0.2) is 0 Å². The van der Waals surface area contributed by atoms with Crippen LogP contribution in [0, 0.1) is 0 Å². The first-order valence-corrected chi connectivity index (χ1v) is 5.78. The highest BCUT2D eigenvalue weighted by Crippen LogP contribution is 2.41. The molecular weight excluding hydrogens is 170 g/mol. The van der Waals surface area contributed by atoms with E-state index < -0.39 is 0 Å². The minimum Gasteiger partial charge on any atom is -0.391 e. The van der Waals surface area contributed by atoms with Gasteiger partial charge in [0, 0.05) is 6.54 Å². The van der Waals surface area contributed by atoms with Crippen LogP contribution in [0.15, 0.2) is 34.6 Å². The number of allylic oxidation sites excluding steroid dienone is 4. The first kappa shape index (κ1) is 8.34. The second-order valence-electron chi connectivity index (χ2n) is 4.49. The van der Waals surface area contributed by atoms with E-state index >= 15 is 0 Å².